The minimum absolute atomic E-state index is 0.203. The van der Waals surface area contributed by atoms with Crippen molar-refractivity contribution in [2.45, 2.75) is 39.7 Å². The molecule has 1 N–H and O–H groups in total. The number of piperidine rings is 1. The lowest BCUT2D eigenvalue weighted by atomic mass is 9.91. The normalized spacial score (nSPS) is 21.9. The van der Waals surface area contributed by atoms with Crippen LogP contribution in [0.4, 0.5) is 0 Å². The fraction of sp³-hybridized carbons (Fsp3) is 1.00. The summed E-state index contributed by atoms with van der Waals surface area (Å²) in [5.41, 5.74) is 0. The second-order valence-corrected chi connectivity index (χ2v) is 7.50. The summed E-state index contributed by atoms with van der Waals surface area (Å²) in [5.74, 6) is 1.08. The molecule has 1 rings (SSSR count). The van der Waals surface area contributed by atoms with Gasteiger partial charge in [0.05, 0.1) is 5.75 Å². The second-order valence-electron chi connectivity index (χ2n) is 5.49. The average molecular weight is 262 g/mol. The molecule has 1 heterocycles. The van der Waals surface area contributed by atoms with E-state index in [0.717, 1.165) is 12.8 Å². The number of rotatable bonds is 5. The zero-order chi connectivity index (χ0) is 13.1. The molecule has 0 aromatic carbocycles. The summed E-state index contributed by atoms with van der Waals surface area (Å²) in [7, 11) is -1.06. The lowest BCUT2D eigenvalue weighted by Gasteiger charge is -2.34. The fourth-order valence-electron chi connectivity index (χ4n) is 2.42. The summed E-state index contributed by atoms with van der Waals surface area (Å²) in [6, 6.07) is 0.477. The summed E-state index contributed by atoms with van der Waals surface area (Å²) in [6.45, 7) is 7.45. The molecule has 17 heavy (non-hydrogen) atoms. The zero-order valence-corrected chi connectivity index (χ0v) is 12.3. The van der Waals surface area contributed by atoms with Gasteiger partial charge in [0.25, 0.3) is 0 Å². The Morgan fingerprint density at radius 2 is 1.76 bits per heavy atom. The van der Waals surface area contributed by atoms with Gasteiger partial charge in [-0.15, -0.1) is 0 Å². The molecule has 0 spiro atoms. The van der Waals surface area contributed by atoms with Crippen LogP contribution in [0.3, 0.4) is 0 Å². The van der Waals surface area contributed by atoms with Crippen LogP contribution in [0.15, 0.2) is 0 Å². The predicted molar refractivity (Wildman–Crippen MR) is 71.4 cm³/mol. The van der Waals surface area contributed by atoms with Crippen LogP contribution in [-0.2, 0) is 10.0 Å². The van der Waals surface area contributed by atoms with E-state index in [4.69, 9.17) is 0 Å². The standard InChI is InChI=1S/C12H26N2O2S/c1-10(2)9-17(15,16)14-7-5-12(6-8-14)11(3)13-4/h10-13H,5-9H2,1-4H3. The zero-order valence-electron chi connectivity index (χ0n) is 11.4. The summed E-state index contributed by atoms with van der Waals surface area (Å²) in [4.78, 5) is 0. The summed E-state index contributed by atoms with van der Waals surface area (Å²) in [5, 5.41) is 3.25. The molecule has 4 nitrogen and oxygen atoms in total. The molecule has 0 radical (unpaired) electrons. The van der Waals surface area contributed by atoms with Gasteiger partial charge in [-0.05, 0) is 38.6 Å². The maximum absolute atomic E-state index is 12.1. The number of nitrogens with one attached hydrogen (secondary N) is 1. The van der Waals surface area contributed by atoms with Crippen molar-refractivity contribution in [3.63, 3.8) is 0 Å². The van der Waals surface area contributed by atoms with Gasteiger partial charge in [0.1, 0.15) is 0 Å². The first kappa shape index (κ1) is 14.9. The molecule has 5 heteroatoms. The van der Waals surface area contributed by atoms with E-state index in [2.05, 4.69) is 12.2 Å². The van der Waals surface area contributed by atoms with Crippen molar-refractivity contribution in [3.05, 3.63) is 0 Å². The minimum Gasteiger partial charge on any atom is -0.317 e. The SMILES string of the molecule is CNC(C)C1CCN(S(=O)(=O)CC(C)C)CC1. The molecule has 0 amide bonds. The molecule has 1 unspecified atom stereocenters. The molecular weight excluding hydrogens is 236 g/mol. The molecule has 0 aliphatic carbocycles. The van der Waals surface area contributed by atoms with Crippen LogP contribution in [0, 0.1) is 11.8 Å². The van der Waals surface area contributed by atoms with Crippen LogP contribution in [0.25, 0.3) is 0 Å². The largest absolute Gasteiger partial charge is 0.317 e. The van der Waals surface area contributed by atoms with E-state index >= 15 is 0 Å². The van der Waals surface area contributed by atoms with Gasteiger partial charge in [0.15, 0.2) is 0 Å². The van der Waals surface area contributed by atoms with E-state index in [9.17, 15) is 8.42 Å². The van der Waals surface area contributed by atoms with Crippen molar-refractivity contribution in [2.24, 2.45) is 11.8 Å². The number of hydrogen-bond donors (Lipinski definition) is 1. The van der Waals surface area contributed by atoms with Crippen LogP contribution in [0.2, 0.25) is 0 Å². The van der Waals surface area contributed by atoms with E-state index in [1.54, 1.807) is 4.31 Å². The van der Waals surface area contributed by atoms with Crippen molar-refractivity contribution in [1.82, 2.24) is 9.62 Å². The van der Waals surface area contributed by atoms with Crippen LogP contribution >= 0.6 is 0 Å². The third kappa shape index (κ3) is 4.23. The van der Waals surface area contributed by atoms with Gasteiger partial charge in [-0.3, -0.25) is 0 Å². The Labute approximate surface area is 106 Å². The first-order valence-electron chi connectivity index (χ1n) is 6.52. The molecule has 0 aromatic rings. The molecule has 1 fully saturated rings. The molecule has 1 aliphatic rings. The number of hydrogen-bond acceptors (Lipinski definition) is 3. The Balaban J connectivity index is 2.52. The van der Waals surface area contributed by atoms with Crippen LogP contribution in [0.1, 0.15) is 33.6 Å². The molecule has 0 saturated carbocycles. The topological polar surface area (TPSA) is 49.4 Å². The van der Waals surface area contributed by atoms with Crippen molar-refractivity contribution in [3.8, 4) is 0 Å². The second kappa shape index (κ2) is 6.16. The lowest BCUT2D eigenvalue weighted by molar-refractivity contribution is 0.236. The molecule has 1 aliphatic heterocycles. The molecular formula is C12H26N2O2S. The maximum atomic E-state index is 12.1. The Morgan fingerprint density at radius 1 is 1.24 bits per heavy atom. The third-order valence-electron chi connectivity index (χ3n) is 3.60. The van der Waals surface area contributed by atoms with E-state index < -0.39 is 10.0 Å². The smallest absolute Gasteiger partial charge is 0.214 e. The number of sulfonamides is 1. The van der Waals surface area contributed by atoms with Crippen molar-refractivity contribution in [1.29, 1.82) is 0 Å². The Bertz CT molecular complexity index is 319. The quantitative estimate of drug-likeness (QED) is 0.812. The van der Waals surface area contributed by atoms with Gasteiger partial charge < -0.3 is 5.32 Å². The maximum Gasteiger partial charge on any atom is 0.214 e. The molecule has 1 saturated heterocycles. The summed E-state index contributed by atoms with van der Waals surface area (Å²) < 4.78 is 25.8. The highest BCUT2D eigenvalue weighted by Crippen LogP contribution is 2.23. The van der Waals surface area contributed by atoms with E-state index in [1.165, 1.54) is 0 Å². The minimum atomic E-state index is -3.03. The predicted octanol–water partition coefficient (Wildman–Crippen LogP) is 1.29. The molecule has 0 aromatic heterocycles. The van der Waals surface area contributed by atoms with Gasteiger partial charge in [-0.25, -0.2) is 12.7 Å². The number of nitrogens with zero attached hydrogens (tertiary/aromatic N) is 1. The van der Waals surface area contributed by atoms with Crippen molar-refractivity contribution < 1.29 is 8.42 Å². The molecule has 0 bridgehead atoms. The van der Waals surface area contributed by atoms with Crippen molar-refractivity contribution >= 4 is 10.0 Å². The highest BCUT2D eigenvalue weighted by Gasteiger charge is 2.29. The Morgan fingerprint density at radius 3 is 2.18 bits per heavy atom. The van der Waals surface area contributed by atoms with Gasteiger partial charge in [-0.2, -0.15) is 0 Å². The Hall–Kier alpha value is -0.130. The summed E-state index contributed by atoms with van der Waals surface area (Å²) >= 11 is 0. The van der Waals surface area contributed by atoms with Crippen LogP contribution in [0.5, 0.6) is 0 Å². The van der Waals surface area contributed by atoms with Gasteiger partial charge in [0, 0.05) is 19.1 Å². The van der Waals surface area contributed by atoms with Crippen LogP contribution < -0.4 is 5.32 Å². The highest BCUT2D eigenvalue weighted by molar-refractivity contribution is 7.89. The fourth-order valence-corrected chi connectivity index (χ4v) is 4.24. The van der Waals surface area contributed by atoms with E-state index in [1.807, 2.05) is 20.9 Å². The van der Waals surface area contributed by atoms with Crippen molar-refractivity contribution in [2.75, 3.05) is 25.9 Å². The summed E-state index contributed by atoms with van der Waals surface area (Å²) in [6.07, 6.45) is 1.94. The first-order valence-corrected chi connectivity index (χ1v) is 8.13. The van der Waals surface area contributed by atoms with Crippen LogP contribution in [-0.4, -0.2) is 44.7 Å². The monoisotopic (exact) mass is 262 g/mol. The lowest BCUT2D eigenvalue weighted by Crippen LogP contribution is -2.44. The Kier molecular flexibility index (Phi) is 5.41. The average Bonchev–Trinajstić information content (AvgIpc) is 2.26. The van der Waals surface area contributed by atoms with E-state index in [0.29, 0.717) is 25.0 Å². The molecule has 1 atom stereocenters. The van der Waals surface area contributed by atoms with Gasteiger partial charge >= 0.3 is 0 Å². The highest BCUT2D eigenvalue weighted by atomic mass is 32.2. The molecule has 102 valence electrons. The first-order chi connectivity index (χ1) is 7.86. The van der Waals surface area contributed by atoms with Gasteiger partial charge in [-0.1, -0.05) is 13.8 Å². The van der Waals surface area contributed by atoms with E-state index in [-0.39, 0.29) is 11.7 Å². The van der Waals surface area contributed by atoms with Gasteiger partial charge in [0.2, 0.25) is 10.0 Å². The third-order valence-corrected chi connectivity index (χ3v) is 5.84.